The molecule has 0 spiro atoms. The lowest BCUT2D eigenvalue weighted by atomic mass is 10.3. The molecule has 0 bridgehead atoms. The van der Waals surface area contributed by atoms with Crippen molar-refractivity contribution >= 4 is 50.2 Å². The van der Waals surface area contributed by atoms with Crippen LogP contribution in [0.25, 0.3) is 11.2 Å². The zero-order valence-corrected chi connectivity index (χ0v) is 15.7. The number of ether oxygens (including phenoxy) is 2. The molecule has 0 radical (unpaired) electrons. The minimum absolute atomic E-state index is 0.0413. The van der Waals surface area contributed by atoms with E-state index in [4.69, 9.17) is 21.1 Å². The molecule has 1 fully saturated rings. The molecular formula is C16H15BrClN5O2. The van der Waals surface area contributed by atoms with Crippen molar-refractivity contribution in [2.24, 2.45) is 0 Å². The van der Waals surface area contributed by atoms with Gasteiger partial charge in [0, 0.05) is 6.61 Å². The van der Waals surface area contributed by atoms with Gasteiger partial charge in [0.2, 0.25) is 4.73 Å². The van der Waals surface area contributed by atoms with Crippen LogP contribution in [0.3, 0.4) is 0 Å². The van der Waals surface area contributed by atoms with Crippen molar-refractivity contribution in [3.63, 3.8) is 0 Å². The van der Waals surface area contributed by atoms with Crippen molar-refractivity contribution in [1.82, 2.24) is 19.5 Å². The number of hydrogen-bond donors (Lipinski definition) is 1. The molecule has 1 aliphatic heterocycles. The first kappa shape index (κ1) is 16.6. The number of benzene rings is 1. The summed E-state index contributed by atoms with van der Waals surface area (Å²) in [6.45, 7) is 0.751. The van der Waals surface area contributed by atoms with Crippen molar-refractivity contribution in [3.8, 4) is 5.75 Å². The Kier molecular flexibility index (Phi) is 4.49. The maximum absolute atomic E-state index is 6.19. The fourth-order valence-electron chi connectivity index (χ4n) is 2.91. The predicted molar refractivity (Wildman–Crippen MR) is 98.5 cm³/mol. The monoisotopic (exact) mass is 423 g/mol. The molecule has 130 valence electrons. The molecule has 1 atom stereocenters. The minimum Gasteiger partial charge on any atom is -0.493 e. The Labute approximate surface area is 157 Å². The summed E-state index contributed by atoms with van der Waals surface area (Å²) in [5, 5.41) is 3.76. The normalized spacial score (nSPS) is 17.2. The summed E-state index contributed by atoms with van der Waals surface area (Å²) >= 11 is 9.56. The molecule has 1 N–H and O–H groups in total. The lowest BCUT2D eigenvalue weighted by Crippen LogP contribution is -2.07. The maximum atomic E-state index is 6.19. The third-order valence-electron chi connectivity index (χ3n) is 4.03. The molecule has 0 saturated carbocycles. The molecule has 9 heteroatoms. The summed E-state index contributed by atoms with van der Waals surface area (Å²) in [6, 6.07) is 5.47. The average molecular weight is 425 g/mol. The van der Waals surface area contributed by atoms with Gasteiger partial charge in [-0.15, -0.1) is 0 Å². The number of para-hydroxylation sites is 1. The summed E-state index contributed by atoms with van der Waals surface area (Å²) < 4.78 is 13.5. The number of rotatable bonds is 4. The molecular weight excluding hydrogens is 410 g/mol. The fourth-order valence-corrected chi connectivity index (χ4v) is 3.51. The number of hydrogen-bond acceptors (Lipinski definition) is 6. The van der Waals surface area contributed by atoms with E-state index >= 15 is 0 Å². The Morgan fingerprint density at radius 3 is 3.04 bits per heavy atom. The number of methoxy groups -OCH3 is 1. The van der Waals surface area contributed by atoms with Crippen LogP contribution in [0.4, 0.5) is 11.5 Å². The molecule has 25 heavy (non-hydrogen) atoms. The summed E-state index contributed by atoms with van der Waals surface area (Å²) in [7, 11) is 1.57. The Hall–Kier alpha value is -1.90. The number of imidazole rings is 1. The topological polar surface area (TPSA) is 74.1 Å². The van der Waals surface area contributed by atoms with Crippen molar-refractivity contribution in [3.05, 3.63) is 34.3 Å². The van der Waals surface area contributed by atoms with Gasteiger partial charge in [0.1, 0.15) is 6.23 Å². The number of anilines is 2. The standard InChI is InChI=1S/C16H15BrClN5O2/c1-24-13-9(18)4-2-5-10(13)20-14-12-15(22-16(17)21-14)23(8-19-12)11-6-3-7-25-11/h2,4-5,8,11H,3,6-7H2,1H3,(H,20,21,22). The predicted octanol–water partition coefficient (Wildman–Crippen LogP) is 4.30. The molecule has 3 heterocycles. The van der Waals surface area contributed by atoms with E-state index in [1.54, 1.807) is 19.5 Å². The molecule has 1 saturated heterocycles. The van der Waals surface area contributed by atoms with Crippen LogP contribution < -0.4 is 10.1 Å². The van der Waals surface area contributed by atoms with Gasteiger partial charge in [0.05, 0.1) is 24.1 Å². The van der Waals surface area contributed by atoms with E-state index in [-0.39, 0.29) is 6.23 Å². The van der Waals surface area contributed by atoms with Crippen molar-refractivity contribution in [2.45, 2.75) is 19.1 Å². The van der Waals surface area contributed by atoms with E-state index in [1.165, 1.54) is 0 Å². The highest BCUT2D eigenvalue weighted by molar-refractivity contribution is 9.10. The summed E-state index contributed by atoms with van der Waals surface area (Å²) in [4.78, 5) is 13.4. The van der Waals surface area contributed by atoms with Gasteiger partial charge >= 0.3 is 0 Å². The third-order valence-corrected chi connectivity index (χ3v) is 4.69. The molecule has 4 rings (SSSR count). The first-order chi connectivity index (χ1) is 12.2. The number of nitrogens with zero attached hydrogens (tertiary/aromatic N) is 4. The van der Waals surface area contributed by atoms with Crippen molar-refractivity contribution in [2.75, 3.05) is 19.0 Å². The average Bonchev–Trinajstić information content (AvgIpc) is 3.24. The number of nitrogens with one attached hydrogen (secondary N) is 1. The van der Waals surface area contributed by atoms with Gasteiger partial charge in [-0.1, -0.05) is 17.7 Å². The largest absolute Gasteiger partial charge is 0.493 e. The summed E-state index contributed by atoms with van der Waals surface area (Å²) in [6.07, 6.45) is 3.67. The van der Waals surface area contributed by atoms with Gasteiger partial charge in [-0.3, -0.25) is 4.57 Å². The van der Waals surface area contributed by atoms with Crippen LogP contribution >= 0.6 is 27.5 Å². The van der Waals surface area contributed by atoms with Gasteiger partial charge in [-0.2, -0.15) is 0 Å². The fraction of sp³-hybridized carbons (Fsp3) is 0.312. The van der Waals surface area contributed by atoms with Crippen LogP contribution in [0.2, 0.25) is 5.02 Å². The number of halogens is 2. The van der Waals surface area contributed by atoms with E-state index in [0.29, 0.717) is 38.2 Å². The molecule has 7 nitrogen and oxygen atoms in total. The zero-order chi connectivity index (χ0) is 17.4. The maximum Gasteiger partial charge on any atom is 0.200 e. The molecule has 0 amide bonds. The highest BCUT2D eigenvalue weighted by Gasteiger charge is 2.22. The van der Waals surface area contributed by atoms with Crippen LogP contribution in [0.1, 0.15) is 19.1 Å². The highest BCUT2D eigenvalue weighted by atomic mass is 79.9. The first-order valence-electron chi connectivity index (χ1n) is 7.78. The lowest BCUT2D eigenvalue weighted by molar-refractivity contribution is 0.0592. The molecule has 0 aliphatic carbocycles. The molecule has 1 aliphatic rings. The van der Waals surface area contributed by atoms with Gasteiger partial charge in [0.15, 0.2) is 22.7 Å². The van der Waals surface area contributed by atoms with Gasteiger partial charge in [-0.05, 0) is 40.9 Å². The first-order valence-corrected chi connectivity index (χ1v) is 8.95. The van der Waals surface area contributed by atoms with E-state index in [2.05, 4.69) is 36.2 Å². The third kappa shape index (κ3) is 3.05. The Morgan fingerprint density at radius 2 is 2.28 bits per heavy atom. The second-order valence-corrected chi connectivity index (χ2v) is 6.70. The molecule has 1 unspecified atom stereocenters. The lowest BCUT2D eigenvalue weighted by Gasteiger charge is -2.13. The van der Waals surface area contributed by atoms with Gasteiger partial charge < -0.3 is 14.8 Å². The van der Waals surface area contributed by atoms with Crippen molar-refractivity contribution < 1.29 is 9.47 Å². The second kappa shape index (κ2) is 6.78. The quantitative estimate of drug-likeness (QED) is 0.629. The SMILES string of the molecule is COc1c(Cl)cccc1Nc1nc(Br)nc2c1ncn2C1CCCO1. The number of fused-ring (bicyclic) bond motifs is 1. The van der Waals surface area contributed by atoms with Crippen LogP contribution in [-0.4, -0.2) is 33.2 Å². The Balaban J connectivity index is 1.79. The van der Waals surface area contributed by atoms with Crippen LogP contribution in [0.5, 0.6) is 5.75 Å². The summed E-state index contributed by atoms with van der Waals surface area (Å²) in [5.41, 5.74) is 2.06. The molecule has 1 aromatic carbocycles. The number of aromatic nitrogens is 4. The summed E-state index contributed by atoms with van der Waals surface area (Å²) in [5.74, 6) is 1.11. The van der Waals surface area contributed by atoms with E-state index < -0.39 is 0 Å². The van der Waals surface area contributed by atoms with Gasteiger partial charge in [0.25, 0.3) is 0 Å². The molecule has 3 aromatic rings. The minimum atomic E-state index is -0.0413. The van der Waals surface area contributed by atoms with Crippen LogP contribution in [0, 0.1) is 0 Å². The molecule has 2 aromatic heterocycles. The smallest absolute Gasteiger partial charge is 0.200 e. The van der Waals surface area contributed by atoms with Crippen LogP contribution in [0.15, 0.2) is 29.3 Å². The Bertz CT molecular complexity index is 926. The van der Waals surface area contributed by atoms with Crippen molar-refractivity contribution in [1.29, 1.82) is 0 Å². The Morgan fingerprint density at radius 1 is 1.40 bits per heavy atom. The highest BCUT2D eigenvalue weighted by Crippen LogP contribution is 2.36. The van der Waals surface area contributed by atoms with Crippen LogP contribution in [-0.2, 0) is 4.74 Å². The zero-order valence-electron chi connectivity index (χ0n) is 13.4. The van der Waals surface area contributed by atoms with E-state index in [9.17, 15) is 0 Å². The van der Waals surface area contributed by atoms with E-state index in [1.807, 2.05) is 16.7 Å². The van der Waals surface area contributed by atoms with E-state index in [0.717, 1.165) is 19.4 Å². The second-order valence-electron chi connectivity index (χ2n) is 5.58. The van der Waals surface area contributed by atoms with Gasteiger partial charge in [-0.25, -0.2) is 15.0 Å².